The lowest BCUT2D eigenvalue weighted by molar-refractivity contribution is -0.862. The third-order valence-electron chi connectivity index (χ3n) is 3.68. The van der Waals surface area contributed by atoms with Gasteiger partial charge >= 0.3 is 5.97 Å². The van der Waals surface area contributed by atoms with E-state index in [1.807, 2.05) is 0 Å². The fourth-order valence-corrected chi connectivity index (χ4v) is 2.63. The van der Waals surface area contributed by atoms with Crippen molar-refractivity contribution in [3.05, 3.63) is 59.1 Å². The van der Waals surface area contributed by atoms with E-state index in [9.17, 15) is 14.4 Å². The molecular weight excluding hydrogens is 370 g/mol. The molecule has 0 spiro atoms. The average molecular weight is 391 g/mol. The number of quaternary nitrogens is 1. The predicted octanol–water partition coefficient (Wildman–Crippen LogP) is 1.22. The van der Waals surface area contributed by atoms with Gasteiger partial charge in [-0.05, 0) is 24.3 Å². The maximum atomic E-state index is 12.2. The molecule has 2 rings (SSSR count). The minimum atomic E-state index is -0.536. The molecule has 2 amide bonds. The van der Waals surface area contributed by atoms with E-state index < -0.39 is 5.97 Å². The Bertz CT molecular complexity index is 841. The molecular formula is C19H21ClN3O4+. The fraction of sp³-hybridized carbons (Fsp3) is 0.211. The Hall–Kier alpha value is -2.90. The van der Waals surface area contributed by atoms with Crippen LogP contribution in [0.2, 0.25) is 5.02 Å². The smallest absolute Gasteiger partial charge is 0.339 e. The van der Waals surface area contributed by atoms with Gasteiger partial charge in [-0.15, -0.1) is 0 Å². The van der Waals surface area contributed by atoms with Crippen molar-refractivity contribution in [1.82, 2.24) is 0 Å². The van der Waals surface area contributed by atoms with E-state index in [1.54, 1.807) is 55.6 Å². The zero-order chi connectivity index (χ0) is 19.8. The normalized spacial score (nSPS) is 11.4. The molecule has 0 aromatic heterocycles. The number of ether oxygens (including phenoxy) is 1. The number of carbonyl (C=O) groups excluding carboxylic acids is 3. The SMILES string of the molecule is COC(=O)c1ccccc1NC(=O)C[NH+](C)CC(=O)Nc1ccccc1Cl. The van der Waals surface area contributed by atoms with Crippen LogP contribution in [0.5, 0.6) is 0 Å². The molecule has 0 aliphatic carbocycles. The highest BCUT2D eigenvalue weighted by molar-refractivity contribution is 6.33. The van der Waals surface area contributed by atoms with Gasteiger partial charge in [0.1, 0.15) is 0 Å². The van der Waals surface area contributed by atoms with Crippen molar-refractivity contribution >= 4 is 40.8 Å². The van der Waals surface area contributed by atoms with E-state index >= 15 is 0 Å². The van der Waals surface area contributed by atoms with Gasteiger partial charge < -0.3 is 20.3 Å². The van der Waals surface area contributed by atoms with Gasteiger partial charge in [0, 0.05) is 0 Å². The van der Waals surface area contributed by atoms with Gasteiger partial charge in [-0.1, -0.05) is 35.9 Å². The van der Waals surface area contributed by atoms with Gasteiger partial charge in [0.05, 0.1) is 36.1 Å². The number of benzene rings is 2. The molecule has 1 atom stereocenters. The van der Waals surface area contributed by atoms with Gasteiger partial charge in [0.15, 0.2) is 13.1 Å². The number of hydrogen-bond donors (Lipinski definition) is 3. The largest absolute Gasteiger partial charge is 0.465 e. The van der Waals surface area contributed by atoms with Crippen molar-refractivity contribution in [3.8, 4) is 0 Å². The Labute approximate surface area is 162 Å². The van der Waals surface area contributed by atoms with Crippen LogP contribution in [-0.2, 0) is 14.3 Å². The second-order valence-corrected chi connectivity index (χ2v) is 6.33. The molecule has 0 aliphatic rings. The number of nitrogens with one attached hydrogen (secondary N) is 3. The van der Waals surface area contributed by atoms with Crippen LogP contribution in [0.25, 0.3) is 0 Å². The summed E-state index contributed by atoms with van der Waals surface area (Å²) in [5.74, 6) is -1.12. The van der Waals surface area contributed by atoms with Crippen LogP contribution in [0.4, 0.5) is 11.4 Å². The summed E-state index contributed by atoms with van der Waals surface area (Å²) in [7, 11) is 2.99. The molecule has 3 N–H and O–H groups in total. The second kappa shape index (κ2) is 9.70. The first-order valence-electron chi connectivity index (χ1n) is 8.23. The lowest BCUT2D eigenvalue weighted by atomic mass is 10.2. The van der Waals surface area contributed by atoms with E-state index in [0.717, 1.165) is 0 Å². The van der Waals surface area contributed by atoms with E-state index in [2.05, 4.69) is 10.6 Å². The quantitative estimate of drug-likeness (QED) is 0.620. The number of carbonyl (C=O) groups is 3. The summed E-state index contributed by atoms with van der Waals surface area (Å²) < 4.78 is 4.70. The van der Waals surface area contributed by atoms with Gasteiger partial charge in [-0.3, -0.25) is 9.59 Å². The number of likely N-dealkylation sites (N-methyl/N-ethyl adjacent to an activating group) is 1. The van der Waals surface area contributed by atoms with Crippen molar-refractivity contribution in [3.63, 3.8) is 0 Å². The van der Waals surface area contributed by atoms with E-state index in [-0.39, 0.29) is 30.5 Å². The molecule has 0 heterocycles. The number of rotatable bonds is 7. The Morgan fingerprint density at radius 2 is 1.44 bits per heavy atom. The summed E-state index contributed by atoms with van der Waals surface area (Å²) >= 11 is 6.01. The first-order chi connectivity index (χ1) is 12.9. The van der Waals surface area contributed by atoms with Crippen LogP contribution in [0, 0.1) is 0 Å². The number of hydrogen-bond acceptors (Lipinski definition) is 4. The number of esters is 1. The lowest BCUT2D eigenvalue weighted by Gasteiger charge is -2.15. The van der Waals surface area contributed by atoms with E-state index in [0.29, 0.717) is 21.3 Å². The van der Waals surface area contributed by atoms with Crippen LogP contribution < -0.4 is 15.5 Å². The summed E-state index contributed by atoms with van der Waals surface area (Å²) in [6, 6.07) is 13.5. The topological polar surface area (TPSA) is 88.9 Å². The molecule has 0 aliphatic heterocycles. The molecule has 0 fully saturated rings. The van der Waals surface area contributed by atoms with Gasteiger partial charge in [-0.2, -0.15) is 0 Å². The van der Waals surface area contributed by atoms with Crippen molar-refractivity contribution in [2.75, 3.05) is 37.9 Å². The first-order valence-corrected chi connectivity index (χ1v) is 8.61. The van der Waals surface area contributed by atoms with Crippen molar-refractivity contribution in [2.24, 2.45) is 0 Å². The minimum Gasteiger partial charge on any atom is -0.465 e. The Morgan fingerprint density at radius 3 is 2.04 bits per heavy atom. The third kappa shape index (κ3) is 6.09. The molecule has 0 saturated carbocycles. The molecule has 2 aromatic carbocycles. The van der Waals surface area contributed by atoms with E-state index in [1.165, 1.54) is 7.11 Å². The molecule has 2 aromatic rings. The number of methoxy groups -OCH3 is 1. The Morgan fingerprint density at radius 1 is 0.926 bits per heavy atom. The first kappa shape index (κ1) is 20.4. The Balaban J connectivity index is 1.90. The van der Waals surface area contributed by atoms with Crippen LogP contribution in [0.1, 0.15) is 10.4 Å². The highest BCUT2D eigenvalue weighted by Crippen LogP contribution is 2.20. The number of amides is 2. The van der Waals surface area contributed by atoms with Crippen molar-refractivity contribution in [1.29, 1.82) is 0 Å². The van der Waals surface area contributed by atoms with Crippen LogP contribution in [-0.4, -0.2) is 45.0 Å². The summed E-state index contributed by atoms with van der Waals surface area (Å²) in [5.41, 5.74) is 1.15. The summed E-state index contributed by atoms with van der Waals surface area (Å²) in [6.45, 7) is 0.128. The van der Waals surface area contributed by atoms with Crippen LogP contribution in [0.15, 0.2) is 48.5 Å². The standard InChI is InChI=1S/C19H20ClN3O4/c1-23(12-18(25)22-16-10-6-4-8-14(16)20)11-17(24)21-15-9-5-3-7-13(15)19(26)27-2/h3-10H,11-12H2,1-2H3,(H,21,24)(H,22,25)/p+1. The maximum absolute atomic E-state index is 12.2. The highest BCUT2D eigenvalue weighted by Gasteiger charge is 2.18. The average Bonchev–Trinajstić information content (AvgIpc) is 2.63. The molecule has 8 heteroatoms. The lowest BCUT2D eigenvalue weighted by Crippen LogP contribution is -3.11. The highest BCUT2D eigenvalue weighted by atomic mass is 35.5. The summed E-state index contributed by atoms with van der Waals surface area (Å²) in [4.78, 5) is 36.8. The van der Waals surface area contributed by atoms with Gasteiger partial charge in [0.2, 0.25) is 0 Å². The molecule has 27 heavy (non-hydrogen) atoms. The van der Waals surface area contributed by atoms with Gasteiger partial charge in [-0.25, -0.2) is 4.79 Å². The minimum absolute atomic E-state index is 0.0471. The van der Waals surface area contributed by atoms with Crippen LogP contribution >= 0.6 is 11.6 Å². The van der Waals surface area contributed by atoms with Gasteiger partial charge in [0.25, 0.3) is 11.8 Å². The predicted molar refractivity (Wildman–Crippen MR) is 103 cm³/mol. The molecule has 7 nitrogen and oxygen atoms in total. The number of halogens is 1. The Kier molecular flexibility index (Phi) is 7.34. The van der Waals surface area contributed by atoms with Crippen LogP contribution in [0.3, 0.4) is 0 Å². The third-order valence-corrected chi connectivity index (χ3v) is 4.01. The molecule has 0 radical (unpaired) electrons. The molecule has 0 saturated heterocycles. The molecule has 0 bridgehead atoms. The number of para-hydroxylation sites is 2. The van der Waals surface area contributed by atoms with Crippen molar-refractivity contribution < 1.29 is 24.0 Å². The summed E-state index contributed by atoms with van der Waals surface area (Å²) in [5, 5.41) is 5.83. The second-order valence-electron chi connectivity index (χ2n) is 5.92. The molecule has 1 unspecified atom stereocenters. The maximum Gasteiger partial charge on any atom is 0.339 e. The van der Waals surface area contributed by atoms with Crippen molar-refractivity contribution in [2.45, 2.75) is 0 Å². The zero-order valence-corrected chi connectivity index (χ0v) is 15.8. The summed E-state index contributed by atoms with van der Waals surface area (Å²) in [6.07, 6.45) is 0. The fourth-order valence-electron chi connectivity index (χ4n) is 2.44. The van der Waals surface area contributed by atoms with E-state index in [4.69, 9.17) is 16.3 Å². The zero-order valence-electron chi connectivity index (χ0n) is 15.0. The monoisotopic (exact) mass is 390 g/mol. The molecule has 142 valence electrons. The number of anilines is 2.